The summed E-state index contributed by atoms with van der Waals surface area (Å²) in [5, 5.41) is 10.1. The number of carboxylic acids is 1. The third-order valence-corrected chi connectivity index (χ3v) is 0.622. The first kappa shape index (κ1) is 20.8. The lowest BCUT2D eigenvalue weighted by molar-refractivity contribution is -0.137. The third kappa shape index (κ3) is 75.1. The largest absolute Gasteiger partial charge is 0.480 e. The van der Waals surface area contributed by atoms with E-state index in [-0.39, 0.29) is 18.2 Å². The van der Waals surface area contributed by atoms with Crippen LogP contribution in [-0.4, -0.2) is 40.2 Å². The minimum atomic E-state index is -1.07. The zero-order valence-electron chi connectivity index (χ0n) is 9.30. The molecule has 0 spiro atoms. The molecule has 0 bridgehead atoms. The van der Waals surface area contributed by atoms with Gasteiger partial charge in [0, 0.05) is 0 Å². The normalized spacial score (nSPS) is 7.41. The van der Waals surface area contributed by atoms with Gasteiger partial charge in [-0.1, -0.05) is 12.2 Å². The molecule has 0 fully saturated rings. The Bertz CT molecular complexity index is 252. The van der Waals surface area contributed by atoms with Crippen molar-refractivity contribution >= 4 is 46.4 Å². The van der Waals surface area contributed by atoms with Gasteiger partial charge in [0.2, 0.25) is 5.91 Å². The lowest BCUT2D eigenvalue weighted by atomic mass is 10.5. The summed E-state index contributed by atoms with van der Waals surface area (Å²) in [6.45, 7) is 1.14. The maximum atomic E-state index is 10.2. The van der Waals surface area contributed by atoms with E-state index in [0.717, 1.165) is 0 Å². The topological polar surface area (TPSA) is 170 Å². The zero-order chi connectivity index (χ0) is 14.4. The van der Waals surface area contributed by atoms with E-state index in [9.17, 15) is 9.59 Å². The first-order chi connectivity index (χ1) is 7.63. The Hall–Kier alpha value is -1.52. The van der Waals surface area contributed by atoms with E-state index < -0.39 is 11.9 Å². The molecule has 1 amide bonds. The lowest BCUT2D eigenvalue weighted by Gasteiger charge is -1.95. The summed E-state index contributed by atoms with van der Waals surface area (Å²) in [4.78, 5) is 20.5. The monoisotopic (exact) mass is 283 g/mol. The molecule has 0 aliphatic rings. The van der Waals surface area contributed by atoms with E-state index in [4.69, 9.17) is 16.6 Å². The smallest absolute Gasteiger partial charge is 0.322 e. The summed E-state index contributed by atoms with van der Waals surface area (Å²) >= 11 is 8.41. The second-order valence-corrected chi connectivity index (χ2v) is 3.50. The number of nitrogens with one attached hydrogen (secondary N) is 1. The third-order valence-electron chi connectivity index (χ3n) is 0.622. The van der Waals surface area contributed by atoms with Gasteiger partial charge >= 0.3 is 5.97 Å². The fraction of sp³-hybridized carbons (Fsp3) is 0.429. The summed E-state index contributed by atoms with van der Waals surface area (Å²) in [7, 11) is 0. The van der Waals surface area contributed by atoms with Crippen LogP contribution in [-0.2, 0) is 9.59 Å². The highest BCUT2D eigenvalue weighted by Crippen LogP contribution is 1.60. The van der Waals surface area contributed by atoms with E-state index in [1.54, 1.807) is 6.92 Å². The van der Waals surface area contributed by atoms with Gasteiger partial charge in [-0.2, -0.15) is 0 Å². The number of thiocarbonyl (C=S) groups is 2. The van der Waals surface area contributed by atoms with Gasteiger partial charge < -0.3 is 33.4 Å². The van der Waals surface area contributed by atoms with Gasteiger partial charge in [-0.05, 0) is 19.1 Å². The minimum absolute atomic E-state index is 0.000000000000000222. The molecule has 0 aliphatic carbocycles. The van der Waals surface area contributed by atoms with Crippen molar-refractivity contribution in [2.45, 2.75) is 6.92 Å². The molecule has 0 aromatic heterocycles. The molecule has 0 rings (SSSR count). The van der Waals surface area contributed by atoms with Crippen LogP contribution in [0.2, 0.25) is 0 Å². The fourth-order valence-corrected chi connectivity index (χ4v) is 0.246. The van der Waals surface area contributed by atoms with Crippen LogP contribution in [0, 0.1) is 0 Å². The van der Waals surface area contributed by atoms with E-state index in [1.807, 2.05) is 0 Å². The standard InChI is InChI=1S/C4H8N2O3.C2H5NS.CH4N2S/c5-1-3(7)6-2-4(8)9;1-2(3)4;2-1(3)4/h1-2,5H2,(H,6,7)(H,8,9);1H3,(H2,3,4);(H4,2,3,4). The van der Waals surface area contributed by atoms with Crippen molar-refractivity contribution in [3.63, 3.8) is 0 Å². The highest BCUT2D eigenvalue weighted by molar-refractivity contribution is 7.80. The maximum absolute atomic E-state index is 10.2. The van der Waals surface area contributed by atoms with Crippen LogP contribution in [0.3, 0.4) is 0 Å². The number of carbonyl (C=O) groups is 2. The number of nitrogens with two attached hydrogens (primary N) is 4. The van der Waals surface area contributed by atoms with Gasteiger partial charge in [-0.3, -0.25) is 9.59 Å². The van der Waals surface area contributed by atoms with Crippen LogP contribution in [0.15, 0.2) is 0 Å². The van der Waals surface area contributed by atoms with Crippen LogP contribution in [0.5, 0.6) is 0 Å². The Kier molecular flexibility index (Phi) is 17.8. The molecule has 0 atom stereocenters. The predicted octanol–water partition coefficient (Wildman–Crippen LogP) is -2.37. The number of rotatable bonds is 3. The number of carboxylic acid groups (broad SMARTS) is 1. The number of carbonyl (C=O) groups excluding carboxylic acids is 1. The highest BCUT2D eigenvalue weighted by atomic mass is 32.1. The number of hydrogen-bond donors (Lipinski definition) is 6. The molecule has 8 nitrogen and oxygen atoms in total. The van der Waals surface area contributed by atoms with Crippen LogP contribution in [0.25, 0.3) is 0 Å². The van der Waals surface area contributed by atoms with Gasteiger partial charge in [0.15, 0.2) is 5.11 Å². The second-order valence-electron chi connectivity index (χ2n) is 2.39. The number of hydrogen-bond acceptors (Lipinski definition) is 5. The molecule has 0 unspecified atom stereocenters. The van der Waals surface area contributed by atoms with Crippen molar-refractivity contribution in [3.8, 4) is 0 Å². The van der Waals surface area contributed by atoms with Crippen LogP contribution >= 0.6 is 24.4 Å². The molecular formula is C7H17N5O3S2. The minimum Gasteiger partial charge on any atom is -0.480 e. The fourth-order valence-electron chi connectivity index (χ4n) is 0.246. The summed E-state index contributed by atoms with van der Waals surface area (Å²) in [5.74, 6) is -1.53. The summed E-state index contributed by atoms with van der Waals surface area (Å²) in [6.07, 6.45) is 0. The molecule has 0 heterocycles. The SMILES string of the molecule is CC(N)=S.NC(N)=S.NCC(=O)NCC(=O)O. The molecule has 0 aliphatic heterocycles. The van der Waals surface area contributed by atoms with Gasteiger partial charge in [-0.25, -0.2) is 0 Å². The van der Waals surface area contributed by atoms with Crippen LogP contribution < -0.4 is 28.3 Å². The molecular weight excluding hydrogens is 266 g/mol. The molecule has 10 N–H and O–H groups in total. The Morgan fingerprint density at radius 2 is 1.53 bits per heavy atom. The van der Waals surface area contributed by atoms with Crippen molar-refractivity contribution in [1.29, 1.82) is 0 Å². The average molecular weight is 283 g/mol. The van der Waals surface area contributed by atoms with Crippen molar-refractivity contribution in [2.75, 3.05) is 13.1 Å². The number of aliphatic carboxylic acids is 1. The van der Waals surface area contributed by atoms with Crippen molar-refractivity contribution < 1.29 is 14.7 Å². The molecule has 0 aromatic carbocycles. The Balaban J connectivity index is -0.000000205. The molecule has 0 aromatic rings. The predicted molar refractivity (Wildman–Crippen MR) is 73.1 cm³/mol. The molecule has 0 saturated carbocycles. The molecule has 10 heteroatoms. The Morgan fingerprint density at radius 1 is 1.24 bits per heavy atom. The number of amides is 1. The van der Waals surface area contributed by atoms with Gasteiger partial charge in [-0.15, -0.1) is 0 Å². The van der Waals surface area contributed by atoms with Crippen molar-refractivity contribution in [3.05, 3.63) is 0 Å². The molecule has 0 radical (unpaired) electrons. The van der Waals surface area contributed by atoms with Gasteiger partial charge in [0.05, 0.1) is 11.5 Å². The highest BCUT2D eigenvalue weighted by Gasteiger charge is 1.98. The van der Waals surface area contributed by atoms with Crippen LogP contribution in [0.1, 0.15) is 6.92 Å². The van der Waals surface area contributed by atoms with Gasteiger partial charge in [0.25, 0.3) is 0 Å². The summed E-state index contributed by atoms with van der Waals surface area (Å²) in [6, 6.07) is 0. The molecule has 0 saturated heterocycles. The quantitative estimate of drug-likeness (QED) is 0.309. The zero-order valence-corrected chi connectivity index (χ0v) is 10.9. The van der Waals surface area contributed by atoms with E-state index in [2.05, 4.69) is 41.2 Å². The molecule has 100 valence electrons. The van der Waals surface area contributed by atoms with E-state index in [0.29, 0.717) is 4.99 Å². The van der Waals surface area contributed by atoms with Crippen molar-refractivity contribution in [1.82, 2.24) is 5.32 Å². The van der Waals surface area contributed by atoms with Gasteiger partial charge in [0.1, 0.15) is 6.54 Å². The average Bonchev–Trinajstić information content (AvgIpc) is 2.12. The van der Waals surface area contributed by atoms with E-state index >= 15 is 0 Å². The summed E-state index contributed by atoms with van der Waals surface area (Å²) < 4.78 is 0. The van der Waals surface area contributed by atoms with Crippen LogP contribution in [0.4, 0.5) is 0 Å². The second kappa shape index (κ2) is 14.5. The molecule has 17 heavy (non-hydrogen) atoms. The lowest BCUT2D eigenvalue weighted by Crippen LogP contribution is -2.34. The summed E-state index contributed by atoms with van der Waals surface area (Å²) in [5.41, 5.74) is 18.9. The van der Waals surface area contributed by atoms with Crippen molar-refractivity contribution in [2.24, 2.45) is 22.9 Å². The maximum Gasteiger partial charge on any atom is 0.322 e. The first-order valence-electron chi connectivity index (χ1n) is 4.13. The Morgan fingerprint density at radius 3 is 1.71 bits per heavy atom. The van der Waals surface area contributed by atoms with E-state index in [1.165, 1.54) is 0 Å². The first-order valence-corrected chi connectivity index (χ1v) is 4.94. The Labute approximate surface area is 110 Å².